The van der Waals surface area contributed by atoms with Gasteiger partial charge in [-0.15, -0.1) is 0 Å². The molecule has 0 aromatic carbocycles. The molecule has 0 radical (unpaired) electrons. The van der Waals surface area contributed by atoms with Gasteiger partial charge in [0.25, 0.3) is 0 Å². The number of hydrogen-bond acceptors (Lipinski definition) is 4. The maximum Gasteiger partial charge on any atom is 0.156 e. The topological polar surface area (TPSA) is 27.6 Å². The summed E-state index contributed by atoms with van der Waals surface area (Å²) < 4.78 is 0. The van der Waals surface area contributed by atoms with Crippen LogP contribution in [0.5, 0.6) is 0 Å². The lowest BCUT2D eigenvalue weighted by molar-refractivity contribution is 0.308. The van der Waals surface area contributed by atoms with Crippen molar-refractivity contribution < 1.29 is 0 Å². The maximum absolute atomic E-state index is 4.51. The number of rotatable bonds is 5. The molecule has 0 amide bonds. The fraction of sp³-hybridized carbons (Fsp3) is 0.909. The van der Waals surface area contributed by atoms with Crippen LogP contribution in [0.1, 0.15) is 20.8 Å². The normalized spacial score (nSPS) is 21.6. The number of likely N-dealkylation sites (N-methyl/N-ethyl adjacent to an activating group) is 1. The second kappa shape index (κ2) is 7.12. The largest absolute Gasteiger partial charge is 0.364 e. The van der Waals surface area contributed by atoms with Gasteiger partial charge in [0, 0.05) is 25.4 Å². The molecule has 1 N–H and O–H groups in total. The van der Waals surface area contributed by atoms with Gasteiger partial charge in [-0.3, -0.25) is 4.99 Å². The summed E-state index contributed by atoms with van der Waals surface area (Å²) in [5.41, 5.74) is 0. The van der Waals surface area contributed by atoms with Gasteiger partial charge < -0.3 is 10.2 Å². The van der Waals surface area contributed by atoms with E-state index in [-0.39, 0.29) is 0 Å². The van der Waals surface area contributed by atoms with E-state index in [4.69, 9.17) is 0 Å². The predicted octanol–water partition coefficient (Wildman–Crippen LogP) is 1.66. The molecule has 0 bridgehead atoms. The Bertz CT molecular complexity index is 202. The molecule has 0 aliphatic carbocycles. The van der Waals surface area contributed by atoms with Crippen LogP contribution >= 0.6 is 11.8 Å². The smallest absolute Gasteiger partial charge is 0.156 e. The molecule has 1 aliphatic rings. The highest BCUT2D eigenvalue weighted by Crippen LogP contribution is 2.15. The van der Waals surface area contributed by atoms with Gasteiger partial charge >= 0.3 is 0 Å². The summed E-state index contributed by atoms with van der Waals surface area (Å²) in [4.78, 5) is 6.93. The Labute approximate surface area is 97.7 Å². The van der Waals surface area contributed by atoms with Gasteiger partial charge in [-0.2, -0.15) is 0 Å². The van der Waals surface area contributed by atoms with E-state index in [0.29, 0.717) is 0 Å². The van der Waals surface area contributed by atoms with Crippen molar-refractivity contribution in [1.29, 1.82) is 0 Å². The lowest BCUT2D eigenvalue weighted by atomic mass is 10.2. The number of nitrogens with zero attached hydrogens (tertiary/aromatic N) is 2. The SMILES string of the molecule is CCN(CC)CCNC1=NCC(C)CS1. The molecule has 1 rings (SSSR count). The van der Waals surface area contributed by atoms with Crippen LogP contribution in [-0.4, -0.2) is 48.5 Å². The van der Waals surface area contributed by atoms with E-state index < -0.39 is 0 Å². The van der Waals surface area contributed by atoms with Gasteiger partial charge in [0.05, 0.1) is 0 Å². The van der Waals surface area contributed by atoms with Crippen molar-refractivity contribution in [3.63, 3.8) is 0 Å². The number of thioether (sulfide) groups is 1. The number of amidine groups is 1. The van der Waals surface area contributed by atoms with E-state index in [1.807, 2.05) is 11.8 Å². The molecule has 15 heavy (non-hydrogen) atoms. The molecule has 1 aliphatic heterocycles. The summed E-state index contributed by atoms with van der Waals surface area (Å²) in [5.74, 6) is 1.94. The summed E-state index contributed by atoms with van der Waals surface area (Å²) in [6, 6.07) is 0. The minimum atomic E-state index is 0.739. The molecule has 1 heterocycles. The molecule has 0 aromatic rings. The van der Waals surface area contributed by atoms with Crippen molar-refractivity contribution in [1.82, 2.24) is 10.2 Å². The van der Waals surface area contributed by atoms with Gasteiger partial charge in [0.1, 0.15) is 0 Å². The van der Waals surface area contributed by atoms with Crippen LogP contribution < -0.4 is 5.32 Å². The first-order valence-corrected chi connectivity index (χ1v) is 6.88. The number of aliphatic imine (C=N–C) groups is 1. The zero-order chi connectivity index (χ0) is 11.1. The molecule has 4 heteroatoms. The first-order chi connectivity index (χ1) is 7.26. The standard InChI is InChI=1S/C11H23N3S/c1-4-14(5-2)7-6-12-11-13-8-10(3)9-15-11/h10H,4-9H2,1-3H3,(H,12,13). The van der Waals surface area contributed by atoms with E-state index in [9.17, 15) is 0 Å². The third-order valence-electron chi connectivity index (χ3n) is 2.65. The summed E-state index contributed by atoms with van der Waals surface area (Å²) in [5, 5.41) is 4.55. The molecule has 1 unspecified atom stereocenters. The third kappa shape index (κ3) is 4.89. The fourth-order valence-corrected chi connectivity index (χ4v) is 2.44. The molecular weight excluding hydrogens is 206 g/mol. The van der Waals surface area contributed by atoms with Crippen LogP contribution in [0.25, 0.3) is 0 Å². The zero-order valence-electron chi connectivity index (χ0n) is 10.1. The lowest BCUT2D eigenvalue weighted by Gasteiger charge is -2.21. The minimum Gasteiger partial charge on any atom is -0.364 e. The minimum absolute atomic E-state index is 0.739. The molecule has 1 atom stereocenters. The highest BCUT2D eigenvalue weighted by Gasteiger charge is 2.11. The molecular formula is C11H23N3S. The first kappa shape index (κ1) is 12.8. The van der Waals surface area contributed by atoms with Crippen molar-refractivity contribution in [3.8, 4) is 0 Å². The quantitative estimate of drug-likeness (QED) is 0.777. The van der Waals surface area contributed by atoms with Crippen molar-refractivity contribution in [2.75, 3.05) is 38.5 Å². The average molecular weight is 229 g/mol. The Kier molecular flexibility index (Phi) is 6.10. The number of nitrogens with one attached hydrogen (secondary N) is 1. The van der Waals surface area contributed by atoms with Crippen LogP contribution in [0.15, 0.2) is 4.99 Å². The maximum atomic E-state index is 4.51. The average Bonchev–Trinajstić information content (AvgIpc) is 2.27. The Morgan fingerprint density at radius 3 is 2.73 bits per heavy atom. The molecule has 0 aromatic heterocycles. The summed E-state index contributed by atoms with van der Waals surface area (Å²) in [6.07, 6.45) is 0. The van der Waals surface area contributed by atoms with E-state index in [1.165, 1.54) is 5.75 Å². The van der Waals surface area contributed by atoms with E-state index in [1.54, 1.807) is 0 Å². The van der Waals surface area contributed by atoms with Crippen LogP contribution in [0, 0.1) is 5.92 Å². The third-order valence-corrected chi connectivity index (χ3v) is 3.93. The zero-order valence-corrected chi connectivity index (χ0v) is 10.9. The predicted molar refractivity (Wildman–Crippen MR) is 69.7 cm³/mol. The van der Waals surface area contributed by atoms with Crippen molar-refractivity contribution in [3.05, 3.63) is 0 Å². The Morgan fingerprint density at radius 2 is 2.20 bits per heavy atom. The van der Waals surface area contributed by atoms with Crippen LogP contribution in [0.2, 0.25) is 0 Å². The highest BCUT2D eigenvalue weighted by atomic mass is 32.2. The van der Waals surface area contributed by atoms with Crippen molar-refractivity contribution in [2.24, 2.45) is 10.9 Å². The van der Waals surface area contributed by atoms with Gasteiger partial charge in [-0.05, 0) is 19.0 Å². The van der Waals surface area contributed by atoms with Crippen LogP contribution in [-0.2, 0) is 0 Å². The first-order valence-electron chi connectivity index (χ1n) is 5.89. The van der Waals surface area contributed by atoms with Crippen LogP contribution in [0.3, 0.4) is 0 Å². The van der Waals surface area contributed by atoms with Crippen molar-refractivity contribution in [2.45, 2.75) is 20.8 Å². The molecule has 0 saturated carbocycles. The second-order valence-corrected chi connectivity index (χ2v) is 5.02. The summed E-state index contributed by atoms with van der Waals surface area (Å²) in [6.45, 7) is 12.0. The monoisotopic (exact) mass is 229 g/mol. The summed E-state index contributed by atoms with van der Waals surface area (Å²) in [7, 11) is 0. The Morgan fingerprint density at radius 1 is 1.47 bits per heavy atom. The van der Waals surface area contributed by atoms with Crippen molar-refractivity contribution >= 4 is 16.9 Å². The van der Waals surface area contributed by atoms with Gasteiger partial charge in [-0.1, -0.05) is 32.5 Å². The fourth-order valence-electron chi connectivity index (χ4n) is 1.53. The van der Waals surface area contributed by atoms with Gasteiger partial charge in [0.15, 0.2) is 5.17 Å². The molecule has 0 saturated heterocycles. The Hall–Kier alpha value is -0.220. The lowest BCUT2D eigenvalue weighted by Crippen LogP contribution is -2.35. The molecule has 0 spiro atoms. The van der Waals surface area contributed by atoms with Gasteiger partial charge in [-0.25, -0.2) is 0 Å². The summed E-state index contributed by atoms with van der Waals surface area (Å²) >= 11 is 1.86. The van der Waals surface area contributed by atoms with Gasteiger partial charge in [0.2, 0.25) is 0 Å². The number of hydrogen-bond donors (Lipinski definition) is 1. The molecule has 88 valence electrons. The molecule has 0 fully saturated rings. The highest BCUT2D eigenvalue weighted by molar-refractivity contribution is 8.13. The molecule has 3 nitrogen and oxygen atoms in total. The van der Waals surface area contributed by atoms with E-state index >= 15 is 0 Å². The van der Waals surface area contributed by atoms with E-state index in [2.05, 4.69) is 36.0 Å². The van der Waals surface area contributed by atoms with Crippen LogP contribution in [0.4, 0.5) is 0 Å². The van der Waals surface area contributed by atoms with E-state index in [0.717, 1.165) is 43.8 Å². The Balaban J connectivity index is 2.14. The second-order valence-electron chi connectivity index (χ2n) is 4.02.